The predicted molar refractivity (Wildman–Crippen MR) is 73.2 cm³/mol. The lowest BCUT2D eigenvalue weighted by atomic mass is 10.1. The van der Waals surface area contributed by atoms with Gasteiger partial charge in [0.2, 0.25) is 5.95 Å². The van der Waals surface area contributed by atoms with E-state index in [1.54, 1.807) is 0 Å². The zero-order valence-electron chi connectivity index (χ0n) is 11.7. The van der Waals surface area contributed by atoms with Crippen molar-refractivity contribution in [1.82, 2.24) is 9.97 Å². The first-order valence-corrected chi connectivity index (χ1v) is 6.48. The zero-order valence-corrected chi connectivity index (χ0v) is 11.7. The molecule has 1 aliphatic heterocycles. The van der Waals surface area contributed by atoms with Crippen molar-refractivity contribution in [3.63, 3.8) is 0 Å². The second-order valence-electron chi connectivity index (χ2n) is 5.26. The van der Waals surface area contributed by atoms with Gasteiger partial charge in [-0.2, -0.15) is 4.98 Å². The lowest BCUT2D eigenvalue weighted by Gasteiger charge is -2.39. The summed E-state index contributed by atoms with van der Waals surface area (Å²) in [6, 6.07) is 0. The molecule has 5 nitrogen and oxygen atoms in total. The molecule has 1 aromatic heterocycles. The van der Waals surface area contributed by atoms with Gasteiger partial charge >= 0.3 is 0 Å². The van der Waals surface area contributed by atoms with E-state index in [4.69, 9.17) is 4.74 Å². The molecule has 0 atom stereocenters. The number of hydrogen-bond acceptors (Lipinski definition) is 5. The van der Waals surface area contributed by atoms with Crippen LogP contribution in [0.5, 0.6) is 0 Å². The maximum Gasteiger partial charge on any atom is 0.224 e. The van der Waals surface area contributed by atoms with Crippen LogP contribution in [0.3, 0.4) is 0 Å². The second-order valence-corrected chi connectivity index (χ2v) is 5.26. The molecular formula is C13H22N4O. The SMILES string of the molecule is CCNc1ncc(C)c(N2CCOC(C)(C)C2)n1. The topological polar surface area (TPSA) is 50.3 Å². The number of aryl methyl sites for hydroxylation is 1. The van der Waals surface area contributed by atoms with Gasteiger partial charge in [-0.15, -0.1) is 0 Å². The minimum atomic E-state index is -0.117. The van der Waals surface area contributed by atoms with Crippen LogP contribution in [0.4, 0.5) is 11.8 Å². The van der Waals surface area contributed by atoms with Crippen molar-refractivity contribution in [2.75, 3.05) is 36.5 Å². The molecule has 0 unspecified atom stereocenters. The largest absolute Gasteiger partial charge is 0.372 e. The molecule has 18 heavy (non-hydrogen) atoms. The maximum absolute atomic E-state index is 5.73. The van der Waals surface area contributed by atoms with Crippen LogP contribution in [0.2, 0.25) is 0 Å². The lowest BCUT2D eigenvalue weighted by molar-refractivity contribution is -0.0279. The third-order valence-electron chi connectivity index (χ3n) is 3.01. The van der Waals surface area contributed by atoms with E-state index in [0.29, 0.717) is 5.95 Å². The molecule has 1 N–H and O–H groups in total. The Morgan fingerprint density at radius 3 is 2.94 bits per heavy atom. The molecule has 1 aliphatic rings. The van der Waals surface area contributed by atoms with Crippen molar-refractivity contribution in [1.29, 1.82) is 0 Å². The fraction of sp³-hybridized carbons (Fsp3) is 0.692. The Bertz CT molecular complexity index is 419. The molecule has 0 aliphatic carbocycles. The second kappa shape index (κ2) is 5.10. The predicted octanol–water partition coefficient (Wildman–Crippen LogP) is 1.83. The third-order valence-corrected chi connectivity index (χ3v) is 3.01. The van der Waals surface area contributed by atoms with E-state index in [2.05, 4.69) is 34.0 Å². The fourth-order valence-corrected chi connectivity index (χ4v) is 2.19. The molecule has 5 heteroatoms. The van der Waals surface area contributed by atoms with Crippen LogP contribution in [0.1, 0.15) is 26.3 Å². The van der Waals surface area contributed by atoms with Gasteiger partial charge in [0.05, 0.1) is 12.2 Å². The summed E-state index contributed by atoms with van der Waals surface area (Å²) in [6.45, 7) is 11.6. The molecule has 0 bridgehead atoms. The van der Waals surface area contributed by atoms with E-state index in [0.717, 1.165) is 37.6 Å². The summed E-state index contributed by atoms with van der Waals surface area (Å²) in [5, 5.41) is 3.15. The Morgan fingerprint density at radius 1 is 1.50 bits per heavy atom. The Balaban J connectivity index is 2.23. The summed E-state index contributed by atoms with van der Waals surface area (Å²) >= 11 is 0. The van der Waals surface area contributed by atoms with Crippen molar-refractivity contribution in [2.24, 2.45) is 0 Å². The van der Waals surface area contributed by atoms with Crippen LogP contribution in [-0.2, 0) is 4.74 Å². The van der Waals surface area contributed by atoms with Crippen LogP contribution >= 0.6 is 0 Å². The zero-order chi connectivity index (χ0) is 13.2. The molecule has 2 heterocycles. The number of aromatic nitrogens is 2. The van der Waals surface area contributed by atoms with E-state index < -0.39 is 0 Å². The van der Waals surface area contributed by atoms with E-state index in [-0.39, 0.29) is 5.60 Å². The summed E-state index contributed by atoms with van der Waals surface area (Å²) in [5.74, 6) is 1.71. The summed E-state index contributed by atoms with van der Waals surface area (Å²) in [7, 11) is 0. The number of anilines is 2. The number of ether oxygens (including phenoxy) is 1. The first-order valence-electron chi connectivity index (χ1n) is 6.48. The van der Waals surface area contributed by atoms with Crippen molar-refractivity contribution >= 4 is 11.8 Å². The normalized spacial score (nSPS) is 18.8. The molecule has 1 aromatic rings. The quantitative estimate of drug-likeness (QED) is 0.887. The van der Waals surface area contributed by atoms with E-state index in [1.807, 2.05) is 20.0 Å². The Hall–Kier alpha value is -1.36. The average Bonchev–Trinajstić information content (AvgIpc) is 2.30. The molecule has 0 saturated carbocycles. The van der Waals surface area contributed by atoms with Crippen LogP contribution in [0.25, 0.3) is 0 Å². The number of nitrogens with zero attached hydrogens (tertiary/aromatic N) is 3. The molecule has 100 valence electrons. The molecule has 2 rings (SSSR count). The molecule has 0 amide bonds. The van der Waals surface area contributed by atoms with E-state index in [9.17, 15) is 0 Å². The van der Waals surface area contributed by atoms with Crippen LogP contribution in [0.15, 0.2) is 6.20 Å². The van der Waals surface area contributed by atoms with Gasteiger partial charge in [-0.1, -0.05) is 0 Å². The highest BCUT2D eigenvalue weighted by molar-refractivity contribution is 5.49. The van der Waals surface area contributed by atoms with Gasteiger partial charge in [-0.25, -0.2) is 4.98 Å². The van der Waals surface area contributed by atoms with Gasteiger partial charge in [0, 0.05) is 31.4 Å². The summed E-state index contributed by atoms with van der Waals surface area (Å²) in [4.78, 5) is 11.2. The van der Waals surface area contributed by atoms with E-state index in [1.165, 1.54) is 0 Å². The summed E-state index contributed by atoms with van der Waals surface area (Å²) in [6.07, 6.45) is 1.88. The molecule has 1 fully saturated rings. The number of morpholine rings is 1. The Kier molecular flexibility index (Phi) is 3.71. The first kappa shape index (κ1) is 13.1. The number of hydrogen-bond donors (Lipinski definition) is 1. The molecule has 0 spiro atoms. The van der Waals surface area contributed by atoms with Crippen molar-refractivity contribution in [3.8, 4) is 0 Å². The number of rotatable bonds is 3. The van der Waals surface area contributed by atoms with Gasteiger partial charge in [-0.05, 0) is 27.7 Å². The Labute approximate surface area is 109 Å². The van der Waals surface area contributed by atoms with E-state index >= 15 is 0 Å². The van der Waals surface area contributed by atoms with Crippen molar-refractivity contribution in [3.05, 3.63) is 11.8 Å². The van der Waals surface area contributed by atoms with Crippen LogP contribution in [-0.4, -0.2) is 41.8 Å². The van der Waals surface area contributed by atoms with Gasteiger partial charge in [0.15, 0.2) is 0 Å². The molecular weight excluding hydrogens is 228 g/mol. The van der Waals surface area contributed by atoms with Gasteiger partial charge in [-0.3, -0.25) is 0 Å². The van der Waals surface area contributed by atoms with Gasteiger partial charge in [0.25, 0.3) is 0 Å². The smallest absolute Gasteiger partial charge is 0.224 e. The standard InChI is InChI=1S/C13H22N4O/c1-5-14-12-15-8-10(2)11(16-12)17-6-7-18-13(3,4)9-17/h8H,5-7,9H2,1-4H3,(H,14,15,16). The Morgan fingerprint density at radius 2 is 2.28 bits per heavy atom. The molecule has 1 saturated heterocycles. The minimum Gasteiger partial charge on any atom is -0.372 e. The highest BCUT2D eigenvalue weighted by Gasteiger charge is 2.28. The molecule has 0 aromatic carbocycles. The monoisotopic (exact) mass is 250 g/mol. The molecule has 0 radical (unpaired) electrons. The van der Waals surface area contributed by atoms with Gasteiger partial charge in [0.1, 0.15) is 5.82 Å². The van der Waals surface area contributed by atoms with Crippen LogP contribution in [0, 0.1) is 6.92 Å². The number of nitrogens with one attached hydrogen (secondary N) is 1. The van der Waals surface area contributed by atoms with Gasteiger partial charge < -0.3 is 15.0 Å². The maximum atomic E-state index is 5.73. The minimum absolute atomic E-state index is 0.117. The lowest BCUT2D eigenvalue weighted by Crippen LogP contribution is -2.48. The first-order chi connectivity index (χ1) is 8.52. The van der Waals surface area contributed by atoms with Crippen molar-refractivity contribution in [2.45, 2.75) is 33.3 Å². The highest BCUT2D eigenvalue weighted by Crippen LogP contribution is 2.24. The highest BCUT2D eigenvalue weighted by atomic mass is 16.5. The van der Waals surface area contributed by atoms with Crippen LogP contribution < -0.4 is 10.2 Å². The third kappa shape index (κ3) is 2.90. The average molecular weight is 250 g/mol. The summed E-state index contributed by atoms with van der Waals surface area (Å²) in [5.41, 5.74) is 0.989. The van der Waals surface area contributed by atoms with Crippen molar-refractivity contribution < 1.29 is 4.74 Å². The summed E-state index contributed by atoms with van der Waals surface area (Å²) < 4.78 is 5.73. The fourth-order valence-electron chi connectivity index (χ4n) is 2.19.